The summed E-state index contributed by atoms with van der Waals surface area (Å²) in [4.78, 5) is 4.02. The quantitative estimate of drug-likeness (QED) is 0.917. The average molecular weight is 256 g/mol. The van der Waals surface area contributed by atoms with E-state index >= 15 is 0 Å². The number of ether oxygens (including phenoxy) is 1. The molecule has 0 amide bonds. The van der Waals surface area contributed by atoms with Crippen LogP contribution in [0.5, 0.6) is 5.75 Å². The van der Waals surface area contributed by atoms with E-state index in [0.29, 0.717) is 10.9 Å². The van der Waals surface area contributed by atoms with Gasteiger partial charge in [-0.05, 0) is 12.1 Å². The maximum absolute atomic E-state index is 12.6. The largest absolute Gasteiger partial charge is 0.477 e. The van der Waals surface area contributed by atoms with Gasteiger partial charge in [-0.3, -0.25) is 4.98 Å². The van der Waals surface area contributed by atoms with Gasteiger partial charge >= 0.3 is 6.18 Å². The normalized spacial score (nSPS) is 13.6. The van der Waals surface area contributed by atoms with Crippen molar-refractivity contribution in [2.75, 3.05) is 6.54 Å². The fourth-order valence-electron chi connectivity index (χ4n) is 1.57. The highest BCUT2D eigenvalue weighted by Gasteiger charge is 2.41. The SMILES string of the molecule is NCC(Oc1cccc2cccnc12)C(F)(F)F. The molecule has 1 aromatic heterocycles. The lowest BCUT2D eigenvalue weighted by Gasteiger charge is -2.20. The summed E-state index contributed by atoms with van der Waals surface area (Å²) in [7, 11) is 0. The van der Waals surface area contributed by atoms with Crippen LogP contribution < -0.4 is 10.5 Å². The van der Waals surface area contributed by atoms with Crippen LogP contribution in [-0.4, -0.2) is 23.8 Å². The Morgan fingerprint density at radius 1 is 1.22 bits per heavy atom. The van der Waals surface area contributed by atoms with Crippen LogP contribution in [0, 0.1) is 0 Å². The summed E-state index contributed by atoms with van der Waals surface area (Å²) in [5.41, 5.74) is 5.48. The monoisotopic (exact) mass is 256 g/mol. The lowest BCUT2D eigenvalue weighted by atomic mass is 10.2. The number of benzene rings is 1. The molecule has 0 aliphatic rings. The minimum absolute atomic E-state index is 0.0841. The van der Waals surface area contributed by atoms with Crippen molar-refractivity contribution in [2.45, 2.75) is 12.3 Å². The Balaban J connectivity index is 2.37. The van der Waals surface area contributed by atoms with Gasteiger partial charge in [0.2, 0.25) is 6.10 Å². The van der Waals surface area contributed by atoms with Crippen molar-refractivity contribution in [3.63, 3.8) is 0 Å². The third kappa shape index (κ3) is 2.53. The lowest BCUT2D eigenvalue weighted by molar-refractivity contribution is -0.191. The Morgan fingerprint density at radius 2 is 1.94 bits per heavy atom. The van der Waals surface area contributed by atoms with Gasteiger partial charge in [0.15, 0.2) is 0 Å². The topological polar surface area (TPSA) is 48.1 Å². The van der Waals surface area contributed by atoms with E-state index in [1.54, 1.807) is 24.3 Å². The zero-order valence-corrected chi connectivity index (χ0v) is 9.32. The van der Waals surface area contributed by atoms with E-state index in [2.05, 4.69) is 4.98 Å². The first-order chi connectivity index (χ1) is 8.52. The zero-order chi connectivity index (χ0) is 13.2. The molecule has 0 bridgehead atoms. The van der Waals surface area contributed by atoms with Gasteiger partial charge in [-0.1, -0.05) is 18.2 Å². The van der Waals surface area contributed by atoms with Crippen molar-refractivity contribution in [1.82, 2.24) is 4.98 Å². The Hall–Kier alpha value is -1.82. The fraction of sp³-hybridized carbons (Fsp3) is 0.250. The van der Waals surface area contributed by atoms with Crippen LogP contribution in [0.1, 0.15) is 0 Å². The van der Waals surface area contributed by atoms with Crippen LogP contribution in [0.2, 0.25) is 0 Å². The molecule has 2 N–H and O–H groups in total. The Bertz CT molecular complexity index is 537. The zero-order valence-electron chi connectivity index (χ0n) is 9.32. The molecule has 1 unspecified atom stereocenters. The second kappa shape index (κ2) is 4.81. The molecule has 0 spiro atoms. The minimum atomic E-state index is -4.49. The minimum Gasteiger partial charge on any atom is -0.477 e. The van der Waals surface area contributed by atoms with E-state index in [-0.39, 0.29) is 5.75 Å². The van der Waals surface area contributed by atoms with E-state index in [4.69, 9.17) is 10.5 Å². The van der Waals surface area contributed by atoms with E-state index < -0.39 is 18.8 Å². The molecule has 1 heterocycles. The highest BCUT2D eigenvalue weighted by atomic mass is 19.4. The summed E-state index contributed by atoms with van der Waals surface area (Å²) in [5.74, 6) is 0.0841. The molecule has 0 radical (unpaired) electrons. The summed E-state index contributed by atoms with van der Waals surface area (Å²) in [6.07, 6.45) is -5.02. The summed E-state index contributed by atoms with van der Waals surface area (Å²) >= 11 is 0. The summed E-state index contributed by atoms with van der Waals surface area (Å²) < 4.78 is 42.7. The summed E-state index contributed by atoms with van der Waals surface area (Å²) in [6.45, 7) is -0.632. The number of rotatable bonds is 3. The van der Waals surface area contributed by atoms with Crippen molar-refractivity contribution < 1.29 is 17.9 Å². The number of para-hydroxylation sites is 1. The predicted molar refractivity (Wildman–Crippen MR) is 61.3 cm³/mol. The number of nitrogens with zero attached hydrogens (tertiary/aromatic N) is 1. The van der Waals surface area contributed by atoms with E-state index in [1.807, 2.05) is 0 Å². The molecule has 0 saturated heterocycles. The van der Waals surface area contributed by atoms with Gasteiger partial charge in [0.25, 0.3) is 0 Å². The number of pyridine rings is 1. The number of aromatic nitrogens is 1. The molecule has 3 nitrogen and oxygen atoms in total. The standard InChI is InChI=1S/C12H11F3N2O/c13-12(14,15)10(7-16)18-9-5-1-3-8-4-2-6-17-11(8)9/h1-6,10H,7,16H2. The predicted octanol–water partition coefficient (Wildman–Crippen LogP) is 2.50. The van der Waals surface area contributed by atoms with Gasteiger partial charge < -0.3 is 10.5 Å². The van der Waals surface area contributed by atoms with Crippen LogP contribution in [-0.2, 0) is 0 Å². The van der Waals surface area contributed by atoms with E-state index in [0.717, 1.165) is 0 Å². The van der Waals surface area contributed by atoms with Gasteiger partial charge in [-0.2, -0.15) is 13.2 Å². The summed E-state index contributed by atoms with van der Waals surface area (Å²) in [5, 5.41) is 0.716. The number of nitrogens with two attached hydrogens (primary N) is 1. The van der Waals surface area contributed by atoms with Crippen molar-refractivity contribution >= 4 is 10.9 Å². The first-order valence-corrected chi connectivity index (χ1v) is 5.29. The Labute approximate surface area is 101 Å². The summed E-state index contributed by atoms with van der Waals surface area (Å²) in [6, 6.07) is 8.27. The van der Waals surface area contributed by atoms with Crippen molar-refractivity contribution in [3.8, 4) is 5.75 Å². The van der Waals surface area contributed by atoms with Gasteiger partial charge in [0.1, 0.15) is 11.3 Å². The smallest absolute Gasteiger partial charge is 0.426 e. The molecule has 0 saturated carbocycles. The molecular weight excluding hydrogens is 245 g/mol. The first-order valence-electron chi connectivity index (χ1n) is 5.29. The molecule has 0 fully saturated rings. The van der Waals surface area contributed by atoms with Crippen LogP contribution >= 0.6 is 0 Å². The average Bonchev–Trinajstić information content (AvgIpc) is 2.34. The van der Waals surface area contributed by atoms with Gasteiger partial charge in [0.05, 0.1) is 0 Å². The van der Waals surface area contributed by atoms with Crippen LogP contribution in [0.25, 0.3) is 10.9 Å². The molecule has 96 valence electrons. The molecule has 0 aliphatic carbocycles. The molecule has 2 rings (SSSR count). The lowest BCUT2D eigenvalue weighted by Crippen LogP contribution is -2.40. The van der Waals surface area contributed by atoms with Gasteiger partial charge in [-0.15, -0.1) is 0 Å². The molecule has 6 heteroatoms. The van der Waals surface area contributed by atoms with E-state index in [9.17, 15) is 13.2 Å². The maximum atomic E-state index is 12.6. The highest BCUT2D eigenvalue weighted by molar-refractivity contribution is 5.84. The highest BCUT2D eigenvalue weighted by Crippen LogP contribution is 2.28. The van der Waals surface area contributed by atoms with Gasteiger partial charge in [-0.25, -0.2) is 0 Å². The second-order valence-corrected chi connectivity index (χ2v) is 3.72. The third-order valence-electron chi connectivity index (χ3n) is 2.44. The number of hydrogen-bond acceptors (Lipinski definition) is 3. The first kappa shape index (κ1) is 12.6. The van der Waals surface area contributed by atoms with Crippen LogP contribution in [0.3, 0.4) is 0 Å². The number of fused-ring (bicyclic) bond motifs is 1. The van der Waals surface area contributed by atoms with E-state index in [1.165, 1.54) is 12.3 Å². The third-order valence-corrected chi connectivity index (χ3v) is 2.44. The number of halogens is 3. The number of hydrogen-bond donors (Lipinski definition) is 1. The molecule has 2 aromatic rings. The molecule has 0 aliphatic heterocycles. The molecular formula is C12H11F3N2O. The van der Waals surface area contributed by atoms with Crippen molar-refractivity contribution in [3.05, 3.63) is 36.5 Å². The molecule has 1 atom stereocenters. The Kier molecular flexibility index (Phi) is 3.38. The molecule has 18 heavy (non-hydrogen) atoms. The van der Waals surface area contributed by atoms with Crippen molar-refractivity contribution in [1.29, 1.82) is 0 Å². The fourth-order valence-corrected chi connectivity index (χ4v) is 1.57. The number of alkyl halides is 3. The molecule has 1 aromatic carbocycles. The maximum Gasteiger partial charge on any atom is 0.426 e. The second-order valence-electron chi connectivity index (χ2n) is 3.72. The van der Waals surface area contributed by atoms with Gasteiger partial charge in [0, 0.05) is 18.1 Å². The van der Waals surface area contributed by atoms with Crippen LogP contribution in [0.4, 0.5) is 13.2 Å². The van der Waals surface area contributed by atoms with Crippen LogP contribution in [0.15, 0.2) is 36.5 Å². The van der Waals surface area contributed by atoms with Crippen molar-refractivity contribution in [2.24, 2.45) is 5.73 Å². The Morgan fingerprint density at radius 3 is 2.61 bits per heavy atom.